The minimum Gasteiger partial charge on any atom is -0.323 e. The van der Waals surface area contributed by atoms with E-state index in [9.17, 15) is 4.79 Å². The van der Waals surface area contributed by atoms with Gasteiger partial charge >= 0.3 is 6.03 Å². The summed E-state index contributed by atoms with van der Waals surface area (Å²) < 4.78 is 0. The van der Waals surface area contributed by atoms with Gasteiger partial charge in [-0.1, -0.05) is 13.8 Å². The number of amides is 2. The van der Waals surface area contributed by atoms with Crippen LogP contribution < -0.4 is 5.32 Å². The third-order valence-electron chi connectivity index (χ3n) is 3.19. The third kappa shape index (κ3) is 2.09. The van der Waals surface area contributed by atoms with Crippen LogP contribution in [0.15, 0.2) is 0 Å². The van der Waals surface area contributed by atoms with Crippen molar-refractivity contribution >= 4 is 6.03 Å². The van der Waals surface area contributed by atoms with E-state index in [1.165, 1.54) is 0 Å². The van der Waals surface area contributed by atoms with Gasteiger partial charge in [-0.3, -0.25) is 0 Å². The first-order valence-corrected chi connectivity index (χ1v) is 6.06. The van der Waals surface area contributed by atoms with E-state index in [0.717, 1.165) is 39.0 Å². The molecule has 4 heteroatoms. The average molecular weight is 211 g/mol. The summed E-state index contributed by atoms with van der Waals surface area (Å²) in [5.41, 5.74) is 0. The van der Waals surface area contributed by atoms with Crippen LogP contribution in [-0.4, -0.2) is 54.1 Å². The predicted octanol–water partition coefficient (Wildman–Crippen LogP) is 0.884. The Morgan fingerprint density at radius 2 is 2.00 bits per heavy atom. The molecule has 2 atom stereocenters. The van der Waals surface area contributed by atoms with Gasteiger partial charge in [0.15, 0.2) is 0 Å². The van der Waals surface area contributed by atoms with E-state index in [2.05, 4.69) is 24.1 Å². The van der Waals surface area contributed by atoms with Crippen molar-refractivity contribution in [3.05, 3.63) is 0 Å². The van der Waals surface area contributed by atoms with Gasteiger partial charge in [-0.15, -0.1) is 0 Å². The summed E-state index contributed by atoms with van der Waals surface area (Å²) in [5.74, 6) is 0. The smallest absolute Gasteiger partial charge is 0.320 e. The lowest BCUT2D eigenvalue weighted by Gasteiger charge is -2.21. The SMILES string of the molecule is CCCN1CC(C2CN2)N(CCC)C1=O. The topological polar surface area (TPSA) is 45.5 Å². The van der Waals surface area contributed by atoms with E-state index in [1.54, 1.807) is 0 Å². The molecule has 0 saturated carbocycles. The zero-order valence-electron chi connectivity index (χ0n) is 9.70. The second-order valence-corrected chi connectivity index (χ2v) is 4.50. The van der Waals surface area contributed by atoms with Crippen molar-refractivity contribution in [1.29, 1.82) is 0 Å². The molecule has 0 aromatic heterocycles. The first-order chi connectivity index (χ1) is 7.27. The van der Waals surface area contributed by atoms with Crippen molar-refractivity contribution in [2.45, 2.75) is 38.8 Å². The molecule has 1 N–H and O–H groups in total. The molecule has 15 heavy (non-hydrogen) atoms. The van der Waals surface area contributed by atoms with E-state index in [1.807, 2.05) is 4.90 Å². The highest BCUT2D eigenvalue weighted by molar-refractivity contribution is 5.77. The number of nitrogens with zero attached hydrogens (tertiary/aromatic N) is 2. The summed E-state index contributed by atoms with van der Waals surface area (Å²) in [4.78, 5) is 16.1. The Balaban J connectivity index is 2.00. The van der Waals surface area contributed by atoms with Gasteiger partial charge in [-0.2, -0.15) is 0 Å². The molecule has 0 spiro atoms. The van der Waals surface area contributed by atoms with Crippen LogP contribution in [0.25, 0.3) is 0 Å². The average Bonchev–Trinajstić information content (AvgIpc) is 3.00. The molecule has 2 saturated heterocycles. The van der Waals surface area contributed by atoms with Crippen LogP contribution in [-0.2, 0) is 0 Å². The zero-order chi connectivity index (χ0) is 10.8. The second kappa shape index (κ2) is 4.39. The largest absolute Gasteiger partial charge is 0.323 e. The molecule has 2 aliphatic heterocycles. The Hall–Kier alpha value is -0.770. The molecule has 2 unspecified atom stereocenters. The Bertz CT molecular complexity index is 240. The minimum absolute atomic E-state index is 0.248. The molecular formula is C11H21N3O. The lowest BCUT2D eigenvalue weighted by Crippen LogP contribution is -2.39. The van der Waals surface area contributed by atoms with Gasteiger partial charge in [0, 0.05) is 32.2 Å². The molecule has 86 valence electrons. The highest BCUT2D eigenvalue weighted by atomic mass is 16.2. The fraction of sp³-hybridized carbons (Fsp3) is 0.909. The molecule has 4 nitrogen and oxygen atoms in total. The molecule has 0 aromatic rings. The Labute approximate surface area is 91.6 Å². The maximum Gasteiger partial charge on any atom is 0.320 e. The zero-order valence-corrected chi connectivity index (χ0v) is 9.70. The Morgan fingerprint density at radius 3 is 2.53 bits per heavy atom. The van der Waals surface area contributed by atoms with E-state index in [0.29, 0.717) is 12.1 Å². The van der Waals surface area contributed by atoms with Crippen LogP contribution in [0.4, 0.5) is 4.79 Å². The molecule has 2 aliphatic rings. The van der Waals surface area contributed by atoms with Gasteiger partial charge in [-0.05, 0) is 12.8 Å². The number of carbonyl (C=O) groups is 1. The van der Waals surface area contributed by atoms with Crippen LogP contribution >= 0.6 is 0 Å². The summed E-state index contributed by atoms with van der Waals surface area (Å²) in [6.45, 7) is 8.07. The van der Waals surface area contributed by atoms with E-state index in [-0.39, 0.29) is 6.03 Å². The summed E-state index contributed by atoms with van der Waals surface area (Å²) in [6, 6.07) is 1.23. The van der Waals surface area contributed by atoms with Gasteiger partial charge < -0.3 is 15.1 Å². The van der Waals surface area contributed by atoms with Crippen LogP contribution in [0, 0.1) is 0 Å². The molecule has 2 amide bonds. The quantitative estimate of drug-likeness (QED) is 0.686. The number of rotatable bonds is 5. The van der Waals surface area contributed by atoms with Crippen molar-refractivity contribution in [2.75, 3.05) is 26.2 Å². The highest BCUT2D eigenvalue weighted by Crippen LogP contribution is 2.22. The number of hydrogen-bond acceptors (Lipinski definition) is 2. The normalized spacial score (nSPS) is 30.1. The van der Waals surface area contributed by atoms with Crippen molar-refractivity contribution in [3.63, 3.8) is 0 Å². The lowest BCUT2D eigenvalue weighted by atomic mass is 10.2. The van der Waals surface area contributed by atoms with Crippen molar-refractivity contribution < 1.29 is 4.79 Å². The monoisotopic (exact) mass is 211 g/mol. The first-order valence-electron chi connectivity index (χ1n) is 6.06. The van der Waals surface area contributed by atoms with Crippen molar-refractivity contribution in [2.24, 2.45) is 0 Å². The maximum atomic E-state index is 12.1. The van der Waals surface area contributed by atoms with Crippen LogP contribution in [0.3, 0.4) is 0 Å². The van der Waals surface area contributed by atoms with Gasteiger partial charge in [0.2, 0.25) is 0 Å². The second-order valence-electron chi connectivity index (χ2n) is 4.50. The minimum atomic E-state index is 0.248. The molecule has 0 bridgehead atoms. The molecule has 0 radical (unpaired) electrons. The maximum absolute atomic E-state index is 12.1. The number of urea groups is 1. The third-order valence-corrected chi connectivity index (χ3v) is 3.19. The standard InChI is InChI=1S/C11H21N3O/c1-3-5-13-8-10(9-7-12-9)14(6-4-2)11(13)15/h9-10,12H,3-8H2,1-2H3. The number of carbonyl (C=O) groups excluding carboxylic acids is 1. The van der Waals surface area contributed by atoms with Gasteiger partial charge in [-0.25, -0.2) is 4.79 Å². The van der Waals surface area contributed by atoms with Crippen molar-refractivity contribution in [3.8, 4) is 0 Å². The Morgan fingerprint density at radius 1 is 1.33 bits per heavy atom. The predicted molar refractivity (Wildman–Crippen MR) is 59.8 cm³/mol. The summed E-state index contributed by atoms with van der Waals surface area (Å²) in [5, 5.41) is 3.33. The number of hydrogen-bond donors (Lipinski definition) is 1. The summed E-state index contributed by atoms with van der Waals surface area (Å²) in [6.07, 6.45) is 2.10. The van der Waals surface area contributed by atoms with E-state index < -0.39 is 0 Å². The molecular weight excluding hydrogens is 190 g/mol. The van der Waals surface area contributed by atoms with E-state index >= 15 is 0 Å². The molecule has 0 aliphatic carbocycles. The summed E-state index contributed by atoms with van der Waals surface area (Å²) >= 11 is 0. The van der Waals surface area contributed by atoms with Gasteiger partial charge in [0.1, 0.15) is 0 Å². The lowest BCUT2D eigenvalue weighted by molar-refractivity contribution is 0.186. The van der Waals surface area contributed by atoms with Crippen molar-refractivity contribution in [1.82, 2.24) is 15.1 Å². The van der Waals surface area contributed by atoms with Crippen LogP contribution in [0.5, 0.6) is 0 Å². The van der Waals surface area contributed by atoms with Gasteiger partial charge in [0.25, 0.3) is 0 Å². The van der Waals surface area contributed by atoms with Crippen LogP contribution in [0.1, 0.15) is 26.7 Å². The highest BCUT2D eigenvalue weighted by Gasteiger charge is 2.44. The van der Waals surface area contributed by atoms with E-state index in [4.69, 9.17) is 0 Å². The molecule has 2 fully saturated rings. The Kier molecular flexibility index (Phi) is 3.14. The molecule has 0 aromatic carbocycles. The first kappa shape index (κ1) is 10.7. The van der Waals surface area contributed by atoms with Gasteiger partial charge in [0.05, 0.1) is 6.04 Å². The number of nitrogens with one attached hydrogen (secondary N) is 1. The molecule has 2 rings (SSSR count). The summed E-state index contributed by atoms with van der Waals surface area (Å²) in [7, 11) is 0. The molecule has 2 heterocycles. The fourth-order valence-electron chi connectivity index (χ4n) is 2.37. The van der Waals surface area contributed by atoms with Crippen LogP contribution in [0.2, 0.25) is 0 Å². The fourth-order valence-corrected chi connectivity index (χ4v) is 2.37.